The van der Waals surface area contributed by atoms with Crippen molar-refractivity contribution in [2.24, 2.45) is 0 Å². The third-order valence-electron chi connectivity index (χ3n) is 2.75. The lowest BCUT2D eigenvalue weighted by molar-refractivity contribution is -0.129. The molecule has 0 radical (unpaired) electrons. The maximum absolute atomic E-state index is 11.6. The lowest BCUT2D eigenvalue weighted by Crippen LogP contribution is -2.27. The number of imidazole rings is 1. The zero-order valence-electron chi connectivity index (χ0n) is 9.81. The highest BCUT2D eigenvalue weighted by atomic mass is 16.2. The van der Waals surface area contributed by atoms with Crippen LogP contribution >= 0.6 is 0 Å². The van der Waals surface area contributed by atoms with Crippen molar-refractivity contribution in [1.82, 2.24) is 19.8 Å². The van der Waals surface area contributed by atoms with Crippen LogP contribution in [0.1, 0.15) is 18.5 Å². The second kappa shape index (κ2) is 4.65. The second-order valence-corrected chi connectivity index (χ2v) is 4.46. The topological polar surface area (TPSA) is 50.2 Å². The molecule has 0 spiro atoms. The molecule has 1 aromatic heterocycles. The van der Waals surface area contributed by atoms with Gasteiger partial charge in [-0.15, -0.1) is 0 Å². The minimum Gasteiger partial charge on any atom is -0.347 e. The van der Waals surface area contributed by atoms with Gasteiger partial charge in [-0.3, -0.25) is 4.79 Å². The summed E-state index contributed by atoms with van der Waals surface area (Å²) in [5.41, 5.74) is 1.07. The van der Waals surface area contributed by atoms with Crippen LogP contribution in [0.2, 0.25) is 0 Å². The first kappa shape index (κ1) is 11.1. The molecule has 1 aliphatic carbocycles. The quantitative estimate of drug-likeness (QED) is 0.775. The first-order valence-electron chi connectivity index (χ1n) is 5.59. The van der Waals surface area contributed by atoms with Crippen LogP contribution in [0.15, 0.2) is 12.5 Å². The Morgan fingerprint density at radius 2 is 2.38 bits per heavy atom. The van der Waals surface area contributed by atoms with Crippen LogP contribution in [-0.4, -0.2) is 40.5 Å². The fraction of sp³-hybridized carbons (Fsp3) is 0.636. The lowest BCUT2D eigenvalue weighted by Gasteiger charge is -2.12. The molecule has 88 valence electrons. The molecule has 16 heavy (non-hydrogen) atoms. The van der Waals surface area contributed by atoms with Crippen molar-refractivity contribution in [1.29, 1.82) is 0 Å². The van der Waals surface area contributed by atoms with Gasteiger partial charge < -0.3 is 14.8 Å². The fourth-order valence-electron chi connectivity index (χ4n) is 1.46. The Morgan fingerprint density at radius 3 is 3.00 bits per heavy atom. The van der Waals surface area contributed by atoms with Crippen LogP contribution < -0.4 is 5.32 Å². The van der Waals surface area contributed by atoms with Crippen molar-refractivity contribution in [3.8, 4) is 0 Å². The van der Waals surface area contributed by atoms with Crippen molar-refractivity contribution >= 4 is 5.91 Å². The molecular weight excluding hydrogens is 204 g/mol. The molecule has 2 rings (SSSR count). The Hall–Kier alpha value is -1.36. The lowest BCUT2D eigenvalue weighted by atomic mass is 10.4. The molecule has 1 aliphatic rings. The van der Waals surface area contributed by atoms with E-state index in [9.17, 15) is 4.79 Å². The van der Waals surface area contributed by atoms with E-state index < -0.39 is 0 Å². The van der Waals surface area contributed by atoms with Crippen molar-refractivity contribution < 1.29 is 4.79 Å². The van der Waals surface area contributed by atoms with E-state index in [4.69, 9.17) is 0 Å². The Kier molecular flexibility index (Phi) is 3.24. The monoisotopic (exact) mass is 222 g/mol. The number of hydrogen-bond acceptors (Lipinski definition) is 3. The van der Waals surface area contributed by atoms with Gasteiger partial charge in [-0.25, -0.2) is 4.98 Å². The van der Waals surface area contributed by atoms with E-state index in [-0.39, 0.29) is 5.91 Å². The average molecular weight is 222 g/mol. The van der Waals surface area contributed by atoms with Crippen molar-refractivity contribution in [2.75, 3.05) is 14.1 Å². The molecule has 0 aromatic carbocycles. The Morgan fingerprint density at radius 1 is 1.62 bits per heavy atom. The number of likely N-dealkylation sites (N-methyl/N-ethyl adjacent to an activating group) is 1. The molecule has 1 aromatic rings. The summed E-state index contributed by atoms with van der Waals surface area (Å²) in [7, 11) is 3.53. The molecule has 1 N–H and O–H groups in total. The summed E-state index contributed by atoms with van der Waals surface area (Å²) in [6.07, 6.45) is 6.07. The van der Waals surface area contributed by atoms with Gasteiger partial charge in [0.25, 0.3) is 0 Å². The Balaban J connectivity index is 1.92. The number of carbonyl (C=O) groups is 1. The van der Waals surface area contributed by atoms with Crippen LogP contribution in [0.3, 0.4) is 0 Å². The first-order valence-corrected chi connectivity index (χ1v) is 5.59. The van der Waals surface area contributed by atoms with Crippen molar-refractivity contribution in [3.63, 3.8) is 0 Å². The predicted octanol–water partition coefficient (Wildman–Crippen LogP) is 0.223. The summed E-state index contributed by atoms with van der Waals surface area (Å²) in [5, 5.41) is 3.42. The molecule has 5 heteroatoms. The highest BCUT2D eigenvalue weighted by Crippen LogP contribution is 2.19. The third kappa shape index (κ3) is 2.82. The summed E-state index contributed by atoms with van der Waals surface area (Å²) in [6, 6.07) is 0.674. The SMILES string of the molecule is CN(C)C(=O)Cn1cncc1CNC1CC1. The molecule has 1 heterocycles. The zero-order valence-corrected chi connectivity index (χ0v) is 9.81. The number of carbonyl (C=O) groups excluding carboxylic acids is 1. The Bertz CT molecular complexity index is 368. The van der Waals surface area contributed by atoms with E-state index in [2.05, 4.69) is 10.3 Å². The number of hydrogen-bond donors (Lipinski definition) is 1. The zero-order chi connectivity index (χ0) is 11.5. The van der Waals surface area contributed by atoms with Gasteiger partial charge in [0.1, 0.15) is 6.54 Å². The van der Waals surface area contributed by atoms with Gasteiger partial charge in [0.15, 0.2) is 0 Å². The highest BCUT2D eigenvalue weighted by Gasteiger charge is 2.20. The summed E-state index contributed by atoms with van der Waals surface area (Å²) < 4.78 is 1.90. The molecule has 0 saturated heterocycles. The van der Waals surface area contributed by atoms with Crippen LogP contribution in [0.25, 0.3) is 0 Å². The molecule has 0 aliphatic heterocycles. The molecule has 1 fully saturated rings. The van der Waals surface area contributed by atoms with E-state index >= 15 is 0 Å². The van der Waals surface area contributed by atoms with Crippen LogP contribution in [0.5, 0.6) is 0 Å². The summed E-state index contributed by atoms with van der Waals surface area (Å²) in [4.78, 5) is 17.3. The van der Waals surface area contributed by atoms with Crippen molar-refractivity contribution in [3.05, 3.63) is 18.2 Å². The van der Waals surface area contributed by atoms with Gasteiger partial charge in [-0.2, -0.15) is 0 Å². The number of rotatable bonds is 5. The normalized spacial score (nSPS) is 15.1. The van der Waals surface area contributed by atoms with Crippen molar-refractivity contribution in [2.45, 2.75) is 32.0 Å². The molecule has 1 saturated carbocycles. The number of aromatic nitrogens is 2. The summed E-state index contributed by atoms with van der Waals surface area (Å²) in [6.45, 7) is 1.17. The standard InChI is InChI=1S/C11H18N4O/c1-14(2)11(16)7-15-8-12-5-10(15)6-13-9-3-4-9/h5,8-9,13H,3-4,6-7H2,1-2H3. The minimum absolute atomic E-state index is 0.0886. The third-order valence-corrected chi connectivity index (χ3v) is 2.75. The smallest absolute Gasteiger partial charge is 0.242 e. The van der Waals surface area contributed by atoms with Gasteiger partial charge in [0.05, 0.1) is 12.0 Å². The number of amides is 1. The van der Waals surface area contributed by atoms with Crippen LogP contribution in [0.4, 0.5) is 0 Å². The van der Waals surface area contributed by atoms with Crippen LogP contribution in [0, 0.1) is 0 Å². The highest BCUT2D eigenvalue weighted by molar-refractivity contribution is 5.75. The maximum Gasteiger partial charge on any atom is 0.242 e. The second-order valence-electron chi connectivity index (χ2n) is 4.46. The van der Waals surface area contributed by atoms with E-state index in [0.717, 1.165) is 12.2 Å². The molecular formula is C11H18N4O. The summed E-state index contributed by atoms with van der Waals surface area (Å²) >= 11 is 0. The van der Waals surface area contributed by atoms with E-state index in [1.165, 1.54) is 12.8 Å². The van der Waals surface area contributed by atoms with Crippen LogP contribution in [-0.2, 0) is 17.9 Å². The first-order chi connectivity index (χ1) is 7.66. The molecule has 5 nitrogen and oxygen atoms in total. The average Bonchev–Trinajstić information content (AvgIpc) is 2.97. The fourth-order valence-corrected chi connectivity index (χ4v) is 1.46. The maximum atomic E-state index is 11.6. The molecule has 1 amide bonds. The largest absolute Gasteiger partial charge is 0.347 e. The van der Waals surface area contributed by atoms with Gasteiger partial charge in [0, 0.05) is 32.9 Å². The Labute approximate surface area is 95.5 Å². The minimum atomic E-state index is 0.0886. The van der Waals surface area contributed by atoms with E-state index in [1.807, 2.05) is 10.8 Å². The van der Waals surface area contributed by atoms with Gasteiger partial charge in [0.2, 0.25) is 5.91 Å². The van der Waals surface area contributed by atoms with E-state index in [0.29, 0.717) is 12.6 Å². The van der Waals surface area contributed by atoms with Gasteiger partial charge >= 0.3 is 0 Å². The van der Waals surface area contributed by atoms with Gasteiger partial charge in [-0.05, 0) is 12.8 Å². The molecule has 0 bridgehead atoms. The number of nitrogens with one attached hydrogen (secondary N) is 1. The van der Waals surface area contributed by atoms with Gasteiger partial charge in [-0.1, -0.05) is 0 Å². The predicted molar refractivity (Wildman–Crippen MR) is 60.8 cm³/mol. The number of nitrogens with zero attached hydrogens (tertiary/aromatic N) is 3. The molecule has 0 atom stereocenters. The van der Waals surface area contributed by atoms with E-state index in [1.54, 1.807) is 25.3 Å². The molecule has 0 unspecified atom stereocenters. The summed E-state index contributed by atoms with van der Waals surface area (Å²) in [5.74, 6) is 0.0886.